The van der Waals surface area contributed by atoms with Crippen molar-refractivity contribution in [1.82, 2.24) is 14.2 Å². The Morgan fingerprint density at radius 1 is 1.00 bits per heavy atom. The molecule has 0 saturated carbocycles. The van der Waals surface area contributed by atoms with Crippen molar-refractivity contribution < 1.29 is 18.1 Å². The van der Waals surface area contributed by atoms with Crippen LogP contribution in [0.2, 0.25) is 0 Å². The van der Waals surface area contributed by atoms with Crippen molar-refractivity contribution in [2.45, 2.75) is 4.90 Å². The Hall–Kier alpha value is -3.24. The zero-order valence-electron chi connectivity index (χ0n) is 15.3. The van der Waals surface area contributed by atoms with Gasteiger partial charge in [-0.05, 0) is 18.2 Å². The second kappa shape index (κ2) is 7.30. The number of rotatable bonds is 4. The Balaban J connectivity index is 1.47. The number of non-ortho nitro benzene ring substituents is 1. The van der Waals surface area contributed by atoms with Crippen molar-refractivity contribution in [3.05, 3.63) is 70.4 Å². The molecule has 3 aromatic rings. The van der Waals surface area contributed by atoms with Gasteiger partial charge in [-0.2, -0.15) is 4.31 Å². The number of hydrogen-bond donors (Lipinski definition) is 1. The molecule has 1 aliphatic rings. The van der Waals surface area contributed by atoms with E-state index in [0.29, 0.717) is 5.56 Å². The number of amides is 1. The van der Waals surface area contributed by atoms with Crippen LogP contribution < -0.4 is 0 Å². The van der Waals surface area contributed by atoms with Gasteiger partial charge >= 0.3 is 0 Å². The summed E-state index contributed by atoms with van der Waals surface area (Å²) in [6.07, 6.45) is 1.67. The molecule has 0 unspecified atom stereocenters. The van der Waals surface area contributed by atoms with E-state index in [4.69, 9.17) is 0 Å². The summed E-state index contributed by atoms with van der Waals surface area (Å²) in [5, 5.41) is 11.6. The van der Waals surface area contributed by atoms with Crippen LogP contribution in [-0.4, -0.2) is 59.6 Å². The van der Waals surface area contributed by atoms with E-state index in [1.165, 1.54) is 28.6 Å². The Kier molecular flexibility index (Phi) is 4.81. The maximum Gasteiger partial charge on any atom is 0.269 e. The minimum absolute atomic E-state index is 0.000458. The zero-order valence-corrected chi connectivity index (χ0v) is 16.1. The highest BCUT2D eigenvalue weighted by Crippen LogP contribution is 2.23. The Morgan fingerprint density at radius 3 is 2.31 bits per heavy atom. The van der Waals surface area contributed by atoms with Crippen LogP contribution >= 0.6 is 0 Å². The number of aromatic nitrogens is 1. The van der Waals surface area contributed by atoms with E-state index in [1.807, 2.05) is 24.3 Å². The first-order chi connectivity index (χ1) is 13.9. The molecule has 2 heterocycles. The molecule has 0 bridgehead atoms. The molecule has 1 amide bonds. The lowest BCUT2D eigenvalue weighted by Gasteiger charge is -2.34. The van der Waals surface area contributed by atoms with Crippen LogP contribution in [0, 0.1) is 10.1 Å². The highest BCUT2D eigenvalue weighted by molar-refractivity contribution is 7.89. The molecule has 1 aromatic heterocycles. The van der Waals surface area contributed by atoms with Crippen molar-refractivity contribution >= 4 is 32.5 Å². The number of nitro benzene ring substituents is 1. The molecule has 2 aromatic carbocycles. The van der Waals surface area contributed by atoms with Gasteiger partial charge in [0.15, 0.2) is 0 Å². The molecular weight excluding hydrogens is 396 g/mol. The number of nitro groups is 1. The number of benzene rings is 2. The zero-order chi connectivity index (χ0) is 20.6. The summed E-state index contributed by atoms with van der Waals surface area (Å²) in [4.78, 5) is 27.8. The molecule has 1 fully saturated rings. The number of fused-ring (bicyclic) bond motifs is 1. The minimum atomic E-state index is -3.78. The van der Waals surface area contributed by atoms with Gasteiger partial charge in [0.1, 0.15) is 0 Å². The lowest BCUT2D eigenvalue weighted by molar-refractivity contribution is -0.384. The monoisotopic (exact) mass is 414 g/mol. The van der Waals surface area contributed by atoms with E-state index in [0.717, 1.165) is 10.9 Å². The lowest BCUT2D eigenvalue weighted by atomic mass is 10.1. The number of hydrogen-bond acceptors (Lipinski definition) is 5. The van der Waals surface area contributed by atoms with E-state index in [-0.39, 0.29) is 42.7 Å². The second-order valence-electron chi connectivity index (χ2n) is 6.70. The van der Waals surface area contributed by atoms with Crippen molar-refractivity contribution in [1.29, 1.82) is 0 Å². The molecule has 29 heavy (non-hydrogen) atoms. The fourth-order valence-electron chi connectivity index (χ4n) is 3.44. The quantitative estimate of drug-likeness (QED) is 0.519. The van der Waals surface area contributed by atoms with Crippen LogP contribution in [0.3, 0.4) is 0 Å². The summed E-state index contributed by atoms with van der Waals surface area (Å²) in [6, 6.07) is 12.3. The van der Waals surface area contributed by atoms with E-state index >= 15 is 0 Å². The predicted octanol–water partition coefficient (Wildman–Crippen LogP) is 2.22. The summed E-state index contributed by atoms with van der Waals surface area (Å²) in [5.74, 6) is -0.144. The predicted molar refractivity (Wildman–Crippen MR) is 106 cm³/mol. The molecule has 10 heteroatoms. The number of carbonyl (C=O) groups excluding carboxylic acids is 1. The number of carbonyl (C=O) groups is 1. The van der Waals surface area contributed by atoms with E-state index in [2.05, 4.69) is 4.98 Å². The van der Waals surface area contributed by atoms with Crippen LogP contribution in [-0.2, 0) is 10.0 Å². The minimum Gasteiger partial charge on any atom is -0.360 e. The Bertz CT molecular complexity index is 1180. The average molecular weight is 414 g/mol. The molecule has 0 aliphatic carbocycles. The number of nitrogens with one attached hydrogen (secondary N) is 1. The maximum atomic E-state index is 12.9. The third-order valence-corrected chi connectivity index (χ3v) is 6.94. The van der Waals surface area contributed by atoms with Gasteiger partial charge in [0.2, 0.25) is 10.0 Å². The fraction of sp³-hybridized carbons (Fsp3) is 0.211. The number of para-hydroxylation sites is 1. The van der Waals surface area contributed by atoms with E-state index in [9.17, 15) is 23.3 Å². The average Bonchev–Trinajstić information content (AvgIpc) is 3.17. The summed E-state index contributed by atoms with van der Waals surface area (Å²) in [6.45, 7) is 0.857. The first-order valence-corrected chi connectivity index (χ1v) is 10.4. The number of piperazine rings is 1. The first-order valence-electron chi connectivity index (χ1n) is 8.98. The normalized spacial score (nSPS) is 15.5. The van der Waals surface area contributed by atoms with Gasteiger partial charge in [-0.3, -0.25) is 14.9 Å². The van der Waals surface area contributed by atoms with Gasteiger partial charge in [0, 0.05) is 55.4 Å². The summed E-state index contributed by atoms with van der Waals surface area (Å²) < 4.78 is 26.9. The summed E-state index contributed by atoms with van der Waals surface area (Å²) >= 11 is 0. The van der Waals surface area contributed by atoms with Crippen molar-refractivity contribution in [2.75, 3.05) is 26.2 Å². The van der Waals surface area contributed by atoms with E-state index in [1.54, 1.807) is 11.1 Å². The topological polar surface area (TPSA) is 117 Å². The van der Waals surface area contributed by atoms with Gasteiger partial charge in [-0.1, -0.05) is 18.2 Å². The van der Waals surface area contributed by atoms with Crippen molar-refractivity contribution in [3.8, 4) is 0 Å². The SMILES string of the molecule is O=C(c1c[nH]c2ccccc12)N1CCN(S(=O)(=O)c2ccc([N+](=O)[O-])cc2)CC1. The van der Waals surface area contributed by atoms with Crippen molar-refractivity contribution in [3.63, 3.8) is 0 Å². The number of H-pyrrole nitrogens is 1. The van der Waals surface area contributed by atoms with Gasteiger partial charge in [-0.25, -0.2) is 8.42 Å². The van der Waals surface area contributed by atoms with Gasteiger partial charge in [0.05, 0.1) is 15.4 Å². The summed E-state index contributed by atoms with van der Waals surface area (Å²) in [7, 11) is -3.78. The fourth-order valence-corrected chi connectivity index (χ4v) is 4.86. The smallest absolute Gasteiger partial charge is 0.269 e. The molecule has 4 rings (SSSR count). The number of sulfonamides is 1. The molecule has 1 aliphatic heterocycles. The Labute approximate surface area is 166 Å². The molecule has 0 atom stereocenters. The Morgan fingerprint density at radius 2 is 1.66 bits per heavy atom. The van der Waals surface area contributed by atoms with Crippen LogP contribution in [0.5, 0.6) is 0 Å². The molecule has 0 radical (unpaired) electrons. The maximum absolute atomic E-state index is 12.9. The van der Waals surface area contributed by atoms with Gasteiger partial charge in [-0.15, -0.1) is 0 Å². The van der Waals surface area contributed by atoms with Crippen LogP contribution in [0.1, 0.15) is 10.4 Å². The van der Waals surface area contributed by atoms with E-state index < -0.39 is 14.9 Å². The highest BCUT2D eigenvalue weighted by atomic mass is 32.2. The van der Waals surface area contributed by atoms with Crippen LogP contribution in [0.15, 0.2) is 59.6 Å². The first kappa shape index (κ1) is 19.1. The van der Waals surface area contributed by atoms with Crippen LogP contribution in [0.4, 0.5) is 5.69 Å². The van der Waals surface area contributed by atoms with Crippen molar-refractivity contribution in [2.24, 2.45) is 0 Å². The molecule has 150 valence electrons. The highest BCUT2D eigenvalue weighted by Gasteiger charge is 2.31. The summed E-state index contributed by atoms with van der Waals surface area (Å²) in [5.41, 5.74) is 1.26. The molecular formula is C19H18N4O5S. The standard InChI is InChI=1S/C19H18N4O5S/c24-19(17-13-20-18-4-2-1-3-16(17)18)21-9-11-22(12-10-21)29(27,28)15-7-5-14(6-8-15)23(25)26/h1-8,13,20H,9-12H2. The third-order valence-electron chi connectivity index (χ3n) is 5.03. The third kappa shape index (κ3) is 3.47. The molecule has 9 nitrogen and oxygen atoms in total. The largest absolute Gasteiger partial charge is 0.360 e. The van der Waals surface area contributed by atoms with Crippen LogP contribution in [0.25, 0.3) is 10.9 Å². The van der Waals surface area contributed by atoms with Gasteiger partial charge < -0.3 is 9.88 Å². The number of nitrogens with zero attached hydrogens (tertiary/aromatic N) is 3. The number of aromatic amines is 1. The van der Waals surface area contributed by atoms with Gasteiger partial charge in [0.25, 0.3) is 11.6 Å². The molecule has 1 N–H and O–H groups in total. The molecule has 0 spiro atoms. The second-order valence-corrected chi connectivity index (χ2v) is 8.63. The lowest BCUT2D eigenvalue weighted by Crippen LogP contribution is -2.50. The molecule has 1 saturated heterocycles.